The minimum atomic E-state index is 1.36. The van der Waals surface area contributed by atoms with Crippen molar-refractivity contribution in [2.24, 2.45) is 0 Å². The van der Waals surface area contributed by atoms with Crippen molar-refractivity contribution >= 4 is 65.0 Å². The Balaban J connectivity index is 2.23. The zero-order valence-electron chi connectivity index (χ0n) is 9.69. The Morgan fingerprint density at radius 1 is 0.765 bits per heavy atom. The molecule has 0 aliphatic heterocycles. The normalized spacial score (nSPS) is 12.8. The van der Waals surface area contributed by atoms with Crippen LogP contribution in [0.2, 0.25) is 0 Å². The van der Waals surface area contributed by atoms with Crippen LogP contribution < -0.4 is 0 Å². The number of rotatable bonds is 2. The molecule has 0 amide bonds. The smallest absolute Gasteiger partial charge is 0.0635 e. The van der Waals surface area contributed by atoms with Crippen molar-refractivity contribution in [3.63, 3.8) is 0 Å². The van der Waals surface area contributed by atoms with Crippen molar-refractivity contribution in [2.45, 2.75) is 13.8 Å². The molecule has 0 unspecified atom stereocenters. The van der Waals surface area contributed by atoms with Gasteiger partial charge < -0.3 is 0 Å². The third-order valence-electron chi connectivity index (χ3n) is 2.52. The summed E-state index contributed by atoms with van der Waals surface area (Å²) in [6, 6.07) is 4.60. The summed E-state index contributed by atoms with van der Waals surface area (Å²) in [5.74, 6) is 0. The highest BCUT2D eigenvalue weighted by atomic mass is 32.1. The lowest BCUT2D eigenvalue weighted by Crippen LogP contribution is -1.52. The Kier molecular flexibility index (Phi) is 2.90. The van der Waals surface area contributed by atoms with E-state index >= 15 is 0 Å². The standard InChI is InChI=1S/C14H12S3/c1-3-5-9-7-11-13(15-9)14-12(17-11)8-10(16-14)6-4-2/h3-8H,1-2H3. The van der Waals surface area contributed by atoms with Crippen molar-refractivity contribution in [3.05, 3.63) is 34.0 Å². The Bertz CT molecular complexity index is 658. The van der Waals surface area contributed by atoms with E-state index in [9.17, 15) is 0 Å². The van der Waals surface area contributed by atoms with Gasteiger partial charge in [0, 0.05) is 19.2 Å². The topological polar surface area (TPSA) is 0 Å². The monoisotopic (exact) mass is 276 g/mol. The fourth-order valence-electron chi connectivity index (χ4n) is 1.86. The largest absolute Gasteiger partial charge is 0.133 e. The van der Waals surface area contributed by atoms with Gasteiger partial charge in [-0.25, -0.2) is 0 Å². The van der Waals surface area contributed by atoms with Crippen molar-refractivity contribution in [1.82, 2.24) is 0 Å². The third kappa shape index (κ3) is 1.88. The zero-order chi connectivity index (χ0) is 11.8. The average molecular weight is 276 g/mol. The molecular weight excluding hydrogens is 264 g/mol. The Morgan fingerprint density at radius 2 is 1.24 bits per heavy atom. The molecule has 0 aliphatic rings. The Hall–Kier alpha value is -0.900. The van der Waals surface area contributed by atoms with E-state index in [1.54, 1.807) is 0 Å². The first-order valence-corrected chi connectivity index (χ1v) is 7.98. The lowest BCUT2D eigenvalue weighted by molar-refractivity contribution is 1.79. The van der Waals surface area contributed by atoms with Crippen LogP contribution in [0.4, 0.5) is 0 Å². The highest BCUT2D eigenvalue weighted by molar-refractivity contribution is 7.38. The fraction of sp³-hybridized carbons (Fsp3) is 0.143. The molecule has 0 nitrogen and oxygen atoms in total. The molecule has 0 atom stereocenters. The van der Waals surface area contributed by atoms with E-state index in [0.29, 0.717) is 0 Å². The maximum absolute atomic E-state index is 2.30. The first kappa shape index (κ1) is 11.2. The van der Waals surface area contributed by atoms with Gasteiger partial charge in [0.2, 0.25) is 0 Å². The average Bonchev–Trinajstić information content (AvgIpc) is 2.89. The summed E-state index contributed by atoms with van der Waals surface area (Å²) in [7, 11) is 0. The number of thiophene rings is 3. The second kappa shape index (κ2) is 4.41. The predicted octanol–water partition coefficient (Wildman–Crippen LogP) is 6.24. The van der Waals surface area contributed by atoms with Gasteiger partial charge in [-0.05, 0) is 38.1 Å². The summed E-state index contributed by atoms with van der Waals surface area (Å²) in [4.78, 5) is 2.72. The summed E-state index contributed by atoms with van der Waals surface area (Å²) < 4.78 is 5.77. The minimum Gasteiger partial charge on any atom is -0.133 e. The van der Waals surface area contributed by atoms with E-state index in [1.807, 2.05) is 34.0 Å². The molecule has 0 fully saturated rings. The van der Waals surface area contributed by atoms with Gasteiger partial charge in [0.15, 0.2) is 0 Å². The first-order valence-electron chi connectivity index (χ1n) is 5.53. The van der Waals surface area contributed by atoms with Gasteiger partial charge in [-0.3, -0.25) is 0 Å². The quantitative estimate of drug-likeness (QED) is 0.519. The molecule has 0 spiro atoms. The maximum atomic E-state index is 2.30. The number of hydrogen-bond acceptors (Lipinski definition) is 3. The molecule has 3 heteroatoms. The van der Waals surface area contributed by atoms with Gasteiger partial charge in [-0.1, -0.05) is 12.2 Å². The van der Waals surface area contributed by atoms with Crippen LogP contribution in [0.5, 0.6) is 0 Å². The van der Waals surface area contributed by atoms with Crippen LogP contribution in [-0.4, -0.2) is 0 Å². The molecule has 3 aromatic rings. The molecule has 3 aromatic heterocycles. The maximum Gasteiger partial charge on any atom is 0.0635 e. The van der Waals surface area contributed by atoms with Crippen molar-refractivity contribution < 1.29 is 0 Å². The SMILES string of the molecule is CC=Cc1cc2sc3cc(C=CC)sc3c2s1. The molecule has 0 aliphatic carbocycles. The van der Waals surface area contributed by atoms with Crippen molar-refractivity contribution in [3.8, 4) is 0 Å². The molecule has 0 N–H and O–H groups in total. The molecular formula is C14H12S3. The van der Waals surface area contributed by atoms with E-state index in [1.165, 1.54) is 28.6 Å². The van der Waals surface area contributed by atoms with Gasteiger partial charge in [-0.2, -0.15) is 0 Å². The summed E-state index contributed by atoms with van der Waals surface area (Å²) in [6.07, 6.45) is 8.58. The van der Waals surface area contributed by atoms with Crippen molar-refractivity contribution in [1.29, 1.82) is 0 Å². The molecule has 86 valence electrons. The number of fused-ring (bicyclic) bond motifs is 3. The van der Waals surface area contributed by atoms with E-state index in [4.69, 9.17) is 0 Å². The fourth-order valence-corrected chi connectivity index (χ4v) is 5.85. The van der Waals surface area contributed by atoms with Gasteiger partial charge >= 0.3 is 0 Å². The molecule has 0 saturated heterocycles. The molecule has 0 radical (unpaired) electrons. The van der Waals surface area contributed by atoms with Crippen LogP contribution in [0, 0.1) is 0 Å². The molecule has 0 bridgehead atoms. The Morgan fingerprint density at radius 3 is 1.65 bits per heavy atom. The molecule has 17 heavy (non-hydrogen) atoms. The van der Waals surface area contributed by atoms with Crippen LogP contribution in [0.1, 0.15) is 23.6 Å². The Labute approximate surface area is 113 Å². The van der Waals surface area contributed by atoms with Gasteiger partial charge in [0.25, 0.3) is 0 Å². The lowest BCUT2D eigenvalue weighted by atomic mass is 10.4. The summed E-state index contributed by atoms with van der Waals surface area (Å²) in [6.45, 7) is 4.14. The predicted molar refractivity (Wildman–Crippen MR) is 84.5 cm³/mol. The molecule has 0 aromatic carbocycles. The van der Waals surface area contributed by atoms with Crippen LogP contribution in [0.25, 0.3) is 31.0 Å². The molecule has 3 heterocycles. The minimum absolute atomic E-state index is 1.36. The lowest BCUT2D eigenvalue weighted by Gasteiger charge is -1.80. The van der Waals surface area contributed by atoms with E-state index < -0.39 is 0 Å². The van der Waals surface area contributed by atoms with Gasteiger partial charge in [-0.15, -0.1) is 34.0 Å². The summed E-state index contributed by atoms with van der Waals surface area (Å²) in [5, 5.41) is 0. The van der Waals surface area contributed by atoms with Crippen LogP contribution in [0.3, 0.4) is 0 Å². The van der Waals surface area contributed by atoms with E-state index in [0.717, 1.165) is 0 Å². The summed E-state index contributed by atoms with van der Waals surface area (Å²) >= 11 is 5.71. The van der Waals surface area contributed by atoms with Crippen LogP contribution in [0.15, 0.2) is 24.3 Å². The first-order chi connectivity index (χ1) is 8.31. The van der Waals surface area contributed by atoms with Crippen molar-refractivity contribution in [2.75, 3.05) is 0 Å². The number of allylic oxidation sites excluding steroid dienone is 2. The van der Waals surface area contributed by atoms with Gasteiger partial charge in [0.1, 0.15) is 0 Å². The third-order valence-corrected chi connectivity index (χ3v) is 6.23. The van der Waals surface area contributed by atoms with Crippen LogP contribution >= 0.6 is 34.0 Å². The molecule has 3 rings (SSSR count). The second-order valence-corrected chi connectivity index (χ2v) is 7.04. The number of hydrogen-bond donors (Lipinski definition) is 0. The molecule has 0 saturated carbocycles. The zero-order valence-corrected chi connectivity index (χ0v) is 12.1. The second-order valence-electron chi connectivity index (χ2n) is 3.79. The van der Waals surface area contributed by atoms with Crippen LogP contribution in [-0.2, 0) is 0 Å². The summed E-state index contributed by atoms with van der Waals surface area (Å²) in [5.41, 5.74) is 0. The van der Waals surface area contributed by atoms with Gasteiger partial charge in [0.05, 0.1) is 9.40 Å². The highest BCUT2D eigenvalue weighted by Crippen LogP contribution is 2.44. The van der Waals surface area contributed by atoms with E-state index in [2.05, 4.69) is 50.3 Å². The van der Waals surface area contributed by atoms with E-state index in [-0.39, 0.29) is 0 Å². The highest BCUT2D eigenvalue weighted by Gasteiger charge is 2.11.